The van der Waals surface area contributed by atoms with E-state index in [0.717, 1.165) is 13.0 Å². The zero-order valence-electron chi connectivity index (χ0n) is 12.1. The van der Waals surface area contributed by atoms with Gasteiger partial charge < -0.3 is 10.2 Å². The van der Waals surface area contributed by atoms with Gasteiger partial charge in [0.05, 0.1) is 0 Å². The minimum atomic E-state index is -0.674. The van der Waals surface area contributed by atoms with Crippen LogP contribution in [0.15, 0.2) is 0 Å². The standard InChI is InChI=1S/C14H24N2O2S/c1-4-14(5-2)13(18)16(10(3)12(17)15-14)9-11-7-6-8-19-11/h10-11H,4-9H2,1-3H3,(H,15,17). The van der Waals surface area contributed by atoms with E-state index in [-0.39, 0.29) is 17.9 Å². The number of piperazine rings is 1. The zero-order valence-corrected chi connectivity index (χ0v) is 12.9. The molecule has 0 aromatic heterocycles. The highest BCUT2D eigenvalue weighted by Gasteiger charge is 2.47. The summed E-state index contributed by atoms with van der Waals surface area (Å²) in [7, 11) is 0. The van der Waals surface area contributed by atoms with Gasteiger partial charge in [-0.2, -0.15) is 11.8 Å². The first-order valence-corrected chi connectivity index (χ1v) is 8.33. The Hall–Kier alpha value is -0.710. The molecule has 2 amide bonds. The smallest absolute Gasteiger partial charge is 0.249 e. The maximum absolute atomic E-state index is 12.8. The van der Waals surface area contributed by atoms with E-state index in [4.69, 9.17) is 0 Å². The van der Waals surface area contributed by atoms with Gasteiger partial charge in [0.15, 0.2) is 0 Å². The molecule has 0 saturated carbocycles. The molecular formula is C14H24N2O2S. The molecule has 2 atom stereocenters. The van der Waals surface area contributed by atoms with Crippen molar-refractivity contribution in [2.45, 2.75) is 63.3 Å². The van der Waals surface area contributed by atoms with E-state index in [1.807, 2.05) is 37.4 Å². The van der Waals surface area contributed by atoms with Gasteiger partial charge in [-0.1, -0.05) is 13.8 Å². The number of amides is 2. The van der Waals surface area contributed by atoms with Crippen molar-refractivity contribution in [1.82, 2.24) is 10.2 Å². The quantitative estimate of drug-likeness (QED) is 0.856. The van der Waals surface area contributed by atoms with Gasteiger partial charge in [0, 0.05) is 11.8 Å². The third kappa shape index (κ3) is 2.62. The summed E-state index contributed by atoms with van der Waals surface area (Å²) in [4.78, 5) is 26.7. The Bertz CT molecular complexity index is 362. The Labute approximate surface area is 119 Å². The van der Waals surface area contributed by atoms with Crippen LogP contribution in [0, 0.1) is 0 Å². The predicted molar refractivity (Wildman–Crippen MR) is 78.1 cm³/mol. The minimum Gasteiger partial charge on any atom is -0.340 e. The van der Waals surface area contributed by atoms with E-state index >= 15 is 0 Å². The molecule has 19 heavy (non-hydrogen) atoms. The Morgan fingerprint density at radius 1 is 1.37 bits per heavy atom. The number of hydrogen-bond acceptors (Lipinski definition) is 3. The molecule has 0 aliphatic carbocycles. The van der Waals surface area contributed by atoms with Crippen LogP contribution in [-0.2, 0) is 9.59 Å². The van der Waals surface area contributed by atoms with Gasteiger partial charge in [-0.25, -0.2) is 0 Å². The fourth-order valence-electron chi connectivity index (χ4n) is 2.96. The van der Waals surface area contributed by atoms with Crippen LogP contribution in [0.25, 0.3) is 0 Å². The number of carbonyl (C=O) groups excluding carboxylic acids is 2. The van der Waals surface area contributed by atoms with E-state index in [1.165, 1.54) is 12.2 Å². The molecule has 0 aromatic rings. The fourth-order valence-corrected chi connectivity index (χ4v) is 4.23. The highest BCUT2D eigenvalue weighted by atomic mass is 32.2. The van der Waals surface area contributed by atoms with Gasteiger partial charge >= 0.3 is 0 Å². The van der Waals surface area contributed by atoms with E-state index < -0.39 is 5.54 Å². The number of thioether (sulfide) groups is 1. The van der Waals surface area contributed by atoms with Crippen LogP contribution >= 0.6 is 11.8 Å². The van der Waals surface area contributed by atoms with E-state index in [0.29, 0.717) is 18.1 Å². The van der Waals surface area contributed by atoms with Gasteiger partial charge in [-0.05, 0) is 38.4 Å². The van der Waals surface area contributed by atoms with Crippen molar-refractivity contribution in [2.24, 2.45) is 0 Å². The molecule has 0 spiro atoms. The highest BCUT2D eigenvalue weighted by Crippen LogP contribution is 2.30. The van der Waals surface area contributed by atoms with Crippen molar-refractivity contribution in [1.29, 1.82) is 0 Å². The average Bonchev–Trinajstić information content (AvgIpc) is 2.92. The maximum Gasteiger partial charge on any atom is 0.249 e. The van der Waals surface area contributed by atoms with Crippen LogP contribution in [0.1, 0.15) is 46.5 Å². The molecule has 108 valence electrons. The lowest BCUT2D eigenvalue weighted by Gasteiger charge is -2.45. The first kappa shape index (κ1) is 14.7. The average molecular weight is 284 g/mol. The molecule has 0 radical (unpaired) electrons. The van der Waals surface area contributed by atoms with Crippen LogP contribution in [-0.4, -0.2) is 45.8 Å². The van der Waals surface area contributed by atoms with E-state index in [9.17, 15) is 9.59 Å². The third-order valence-corrected chi connectivity index (χ3v) is 5.89. The van der Waals surface area contributed by atoms with Crippen molar-refractivity contribution < 1.29 is 9.59 Å². The van der Waals surface area contributed by atoms with Gasteiger partial charge in [0.1, 0.15) is 11.6 Å². The van der Waals surface area contributed by atoms with E-state index in [2.05, 4.69) is 5.32 Å². The Kier molecular flexibility index (Phi) is 4.43. The topological polar surface area (TPSA) is 49.4 Å². The van der Waals surface area contributed by atoms with E-state index in [1.54, 1.807) is 0 Å². The monoisotopic (exact) mass is 284 g/mol. The second-order valence-corrected chi connectivity index (χ2v) is 6.96. The summed E-state index contributed by atoms with van der Waals surface area (Å²) < 4.78 is 0. The molecule has 2 rings (SSSR count). The Balaban J connectivity index is 2.18. The normalized spacial score (nSPS) is 30.6. The molecule has 1 N–H and O–H groups in total. The second-order valence-electron chi connectivity index (χ2n) is 5.55. The second kappa shape index (κ2) is 5.73. The highest BCUT2D eigenvalue weighted by molar-refractivity contribution is 8.00. The summed E-state index contributed by atoms with van der Waals surface area (Å²) in [5.41, 5.74) is -0.674. The van der Waals surface area contributed by atoms with Crippen LogP contribution < -0.4 is 5.32 Å². The van der Waals surface area contributed by atoms with Crippen molar-refractivity contribution in [2.75, 3.05) is 12.3 Å². The largest absolute Gasteiger partial charge is 0.340 e. The molecule has 2 unspecified atom stereocenters. The van der Waals surface area contributed by atoms with Crippen LogP contribution in [0.2, 0.25) is 0 Å². The van der Waals surface area contributed by atoms with Gasteiger partial charge in [-0.15, -0.1) is 0 Å². The first-order chi connectivity index (χ1) is 9.04. The molecule has 0 bridgehead atoms. The molecule has 0 aromatic carbocycles. The fraction of sp³-hybridized carbons (Fsp3) is 0.857. The molecule has 2 fully saturated rings. The molecular weight excluding hydrogens is 260 g/mol. The Morgan fingerprint density at radius 3 is 2.58 bits per heavy atom. The summed E-state index contributed by atoms with van der Waals surface area (Å²) in [6.07, 6.45) is 3.71. The summed E-state index contributed by atoms with van der Waals surface area (Å²) >= 11 is 1.93. The first-order valence-electron chi connectivity index (χ1n) is 7.28. The van der Waals surface area contributed by atoms with Gasteiger partial charge in [0.25, 0.3) is 0 Å². The van der Waals surface area contributed by atoms with Gasteiger partial charge in [0.2, 0.25) is 11.8 Å². The molecule has 5 heteroatoms. The number of nitrogens with one attached hydrogen (secondary N) is 1. The lowest BCUT2D eigenvalue weighted by molar-refractivity contribution is -0.154. The molecule has 2 heterocycles. The summed E-state index contributed by atoms with van der Waals surface area (Å²) in [5.74, 6) is 1.28. The predicted octanol–water partition coefficient (Wildman–Crippen LogP) is 1.79. The maximum atomic E-state index is 12.8. The summed E-state index contributed by atoms with van der Waals surface area (Å²) in [6.45, 7) is 6.50. The summed E-state index contributed by atoms with van der Waals surface area (Å²) in [6, 6.07) is -0.333. The number of hydrogen-bond donors (Lipinski definition) is 1. The minimum absolute atomic E-state index is 0.00806. The lowest BCUT2D eigenvalue weighted by Crippen LogP contribution is -2.69. The van der Waals surface area contributed by atoms with Crippen molar-refractivity contribution in [3.8, 4) is 0 Å². The molecule has 4 nitrogen and oxygen atoms in total. The van der Waals surface area contributed by atoms with Crippen molar-refractivity contribution >= 4 is 23.6 Å². The van der Waals surface area contributed by atoms with Gasteiger partial charge in [-0.3, -0.25) is 9.59 Å². The van der Waals surface area contributed by atoms with Crippen molar-refractivity contribution in [3.63, 3.8) is 0 Å². The summed E-state index contributed by atoms with van der Waals surface area (Å²) in [5, 5.41) is 3.45. The molecule has 2 aliphatic heterocycles. The number of carbonyl (C=O) groups is 2. The zero-order chi connectivity index (χ0) is 14.0. The Morgan fingerprint density at radius 2 is 2.05 bits per heavy atom. The van der Waals surface area contributed by atoms with Crippen LogP contribution in [0.4, 0.5) is 0 Å². The SMILES string of the molecule is CCC1(CC)NC(=O)C(C)N(CC2CCCS2)C1=O. The van der Waals surface area contributed by atoms with Crippen molar-refractivity contribution in [3.05, 3.63) is 0 Å². The van der Waals surface area contributed by atoms with Crippen LogP contribution in [0.5, 0.6) is 0 Å². The molecule has 2 saturated heterocycles. The lowest BCUT2D eigenvalue weighted by atomic mass is 9.87. The van der Waals surface area contributed by atoms with Crippen LogP contribution in [0.3, 0.4) is 0 Å². The third-order valence-electron chi connectivity index (χ3n) is 4.51. The number of rotatable bonds is 4. The molecule has 2 aliphatic rings. The number of nitrogens with zero attached hydrogens (tertiary/aromatic N) is 1.